The average molecular weight is 269 g/mol. The monoisotopic (exact) mass is 269 g/mol. The zero-order valence-electron chi connectivity index (χ0n) is 12.0. The molecule has 1 aliphatic carbocycles. The van der Waals surface area contributed by atoms with Gasteiger partial charge in [-0.1, -0.05) is 6.42 Å². The molecule has 2 fully saturated rings. The lowest BCUT2D eigenvalue weighted by Gasteiger charge is -2.16. The number of anilines is 1. The molecule has 0 spiro atoms. The fourth-order valence-corrected chi connectivity index (χ4v) is 3.71. The number of nitriles is 1. The fourth-order valence-electron chi connectivity index (χ4n) is 3.71. The average Bonchev–Trinajstić information content (AvgIpc) is 3.05. The molecule has 1 saturated heterocycles. The maximum absolute atomic E-state index is 8.76. The van der Waals surface area contributed by atoms with Crippen LogP contribution in [-0.4, -0.2) is 31.1 Å². The molecule has 1 aliphatic heterocycles. The summed E-state index contributed by atoms with van der Waals surface area (Å²) >= 11 is 0. The number of benzene rings is 1. The third kappa shape index (κ3) is 3.13. The van der Waals surface area contributed by atoms with Gasteiger partial charge in [0.2, 0.25) is 0 Å². The first kappa shape index (κ1) is 13.5. The van der Waals surface area contributed by atoms with Crippen molar-refractivity contribution in [2.45, 2.75) is 25.7 Å². The molecule has 0 amide bonds. The van der Waals surface area contributed by atoms with Gasteiger partial charge < -0.3 is 10.2 Å². The Morgan fingerprint density at radius 3 is 2.50 bits per heavy atom. The van der Waals surface area contributed by atoms with Crippen molar-refractivity contribution in [2.75, 3.05) is 31.5 Å². The molecule has 2 aliphatic rings. The highest BCUT2D eigenvalue weighted by atomic mass is 15.2. The first-order chi connectivity index (χ1) is 9.85. The molecular weight excluding hydrogens is 246 g/mol. The Morgan fingerprint density at radius 2 is 1.85 bits per heavy atom. The highest BCUT2D eigenvalue weighted by molar-refractivity contribution is 5.46. The summed E-state index contributed by atoms with van der Waals surface area (Å²) in [4.78, 5) is 2.65. The Bertz CT molecular complexity index is 462. The topological polar surface area (TPSA) is 39.1 Å². The summed E-state index contributed by atoms with van der Waals surface area (Å²) in [5.74, 6) is 2.00. The Kier molecular flexibility index (Phi) is 4.22. The third-order valence-electron chi connectivity index (χ3n) is 4.80. The second kappa shape index (κ2) is 6.28. The zero-order chi connectivity index (χ0) is 13.8. The summed E-state index contributed by atoms with van der Waals surface area (Å²) < 4.78 is 0. The number of fused-ring (bicyclic) bond motifs is 1. The Balaban J connectivity index is 1.35. The highest BCUT2D eigenvalue weighted by Gasteiger charge is 2.35. The van der Waals surface area contributed by atoms with Crippen molar-refractivity contribution in [1.82, 2.24) is 4.90 Å². The second-order valence-corrected chi connectivity index (χ2v) is 6.18. The molecule has 0 radical (unpaired) electrons. The van der Waals surface area contributed by atoms with Crippen LogP contribution in [0.15, 0.2) is 24.3 Å². The van der Waals surface area contributed by atoms with E-state index >= 15 is 0 Å². The van der Waals surface area contributed by atoms with Gasteiger partial charge in [0.25, 0.3) is 0 Å². The highest BCUT2D eigenvalue weighted by Crippen LogP contribution is 2.37. The van der Waals surface area contributed by atoms with E-state index in [4.69, 9.17) is 5.26 Å². The Labute approximate surface area is 121 Å². The minimum Gasteiger partial charge on any atom is -0.385 e. The van der Waals surface area contributed by atoms with E-state index in [9.17, 15) is 0 Å². The van der Waals surface area contributed by atoms with E-state index in [1.54, 1.807) is 0 Å². The van der Waals surface area contributed by atoms with Crippen LogP contribution in [-0.2, 0) is 0 Å². The van der Waals surface area contributed by atoms with Gasteiger partial charge in [-0.05, 0) is 61.9 Å². The lowest BCUT2D eigenvalue weighted by molar-refractivity contribution is 0.310. The standard InChI is InChI=1S/C17H23N3/c18-11-14-5-7-17(8-6-14)19-9-2-10-20-12-15-3-1-4-16(15)13-20/h5-8,15-16,19H,1-4,9-10,12-13H2. The maximum atomic E-state index is 8.76. The van der Waals surface area contributed by atoms with Crippen molar-refractivity contribution in [3.05, 3.63) is 29.8 Å². The number of hydrogen-bond acceptors (Lipinski definition) is 3. The van der Waals surface area contributed by atoms with Gasteiger partial charge in [-0.2, -0.15) is 5.26 Å². The van der Waals surface area contributed by atoms with Crippen LogP contribution in [0.5, 0.6) is 0 Å². The fraction of sp³-hybridized carbons (Fsp3) is 0.588. The van der Waals surface area contributed by atoms with E-state index in [2.05, 4.69) is 16.3 Å². The normalized spacial score (nSPS) is 25.4. The maximum Gasteiger partial charge on any atom is 0.0991 e. The summed E-state index contributed by atoms with van der Waals surface area (Å²) in [6.07, 6.45) is 5.58. The largest absolute Gasteiger partial charge is 0.385 e. The van der Waals surface area contributed by atoms with Gasteiger partial charge in [0.1, 0.15) is 0 Å². The van der Waals surface area contributed by atoms with Crippen LogP contribution < -0.4 is 5.32 Å². The molecular formula is C17H23N3. The molecule has 1 N–H and O–H groups in total. The molecule has 2 unspecified atom stereocenters. The van der Waals surface area contributed by atoms with Crippen LogP contribution in [0.2, 0.25) is 0 Å². The van der Waals surface area contributed by atoms with Gasteiger partial charge in [-0.3, -0.25) is 0 Å². The quantitative estimate of drug-likeness (QED) is 0.835. The first-order valence-electron chi connectivity index (χ1n) is 7.81. The summed E-state index contributed by atoms with van der Waals surface area (Å²) in [5, 5.41) is 12.2. The second-order valence-electron chi connectivity index (χ2n) is 6.18. The van der Waals surface area contributed by atoms with E-state index < -0.39 is 0 Å². The van der Waals surface area contributed by atoms with E-state index in [1.165, 1.54) is 45.3 Å². The summed E-state index contributed by atoms with van der Waals surface area (Å²) in [6.45, 7) is 4.90. The molecule has 3 nitrogen and oxygen atoms in total. The lowest BCUT2D eigenvalue weighted by Crippen LogP contribution is -2.24. The number of hydrogen-bond donors (Lipinski definition) is 1. The molecule has 3 rings (SSSR count). The van der Waals surface area contributed by atoms with Crippen LogP contribution >= 0.6 is 0 Å². The Hall–Kier alpha value is -1.53. The molecule has 106 valence electrons. The number of rotatable bonds is 5. The van der Waals surface area contributed by atoms with Crippen molar-refractivity contribution >= 4 is 5.69 Å². The van der Waals surface area contributed by atoms with E-state index in [-0.39, 0.29) is 0 Å². The predicted octanol–water partition coefficient (Wildman–Crippen LogP) is 3.09. The van der Waals surface area contributed by atoms with Gasteiger partial charge >= 0.3 is 0 Å². The molecule has 20 heavy (non-hydrogen) atoms. The molecule has 1 aromatic rings. The first-order valence-corrected chi connectivity index (χ1v) is 7.81. The van der Waals surface area contributed by atoms with Gasteiger partial charge in [0.05, 0.1) is 11.6 Å². The van der Waals surface area contributed by atoms with Crippen molar-refractivity contribution in [3.8, 4) is 6.07 Å². The summed E-state index contributed by atoms with van der Waals surface area (Å²) in [6, 6.07) is 9.84. The number of likely N-dealkylation sites (tertiary alicyclic amines) is 1. The third-order valence-corrected chi connectivity index (χ3v) is 4.80. The van der Waals surface area contributed by atoms with Crippen molar-refractivity contribution in [3.63, 3.8) is 0 Å². The molecule has 0 bridgehead atoms. The Morgan fingerprint density at radius 1 is 1.15 bits per heavy atom. The zero-order valence-corrected chi connectivity index (χ0v) is 12.0. The minimum atomic E-state index is 0.721. The van der Waals surface area contributed by atoms with Crippen LogP contribution in [0.4, 0.5) is 5.69 Å². The van der Waals surface area contributed by atoms with Gasteiger partial charge in [0.15, 0.2) is 0 Å². The van der Waals surface area contributed by atoms with Gasteiger partial charge in [-0.15, -0.1) is 0 Å². The summed E-state index contributed by atoms with van der Waals surface area (Å²) in [7, 11) is 0. The molecule has 1 heterocycles. The van der Waals surface area contributed by atoms with E-state index in [0.29, 0.717) is 0 Å². The van der Waals surface area contributed by atoms with E-state index in [1.807, 2.05) is 24.3 Å². The molecule has 1 aromatic carbocycles. The van der Waals surface area contributed by atoms with Crippen LogP contribution in [0.1, 0.15) is 31.2 Å². The summed E-state index contributed by atoms with van der Waals surface area (Å²) in [5.41, 5.74) is 1.83. The van der Waals surface area contributed by atoms with Crippen LogP contribution in [0.3, 0.4) is 0 Å². The number of nitrogens with zero attached hydrogens (tertiary/aromatic N) is 2. The van der Waals surface area contributed by atoms with Crippen LogP contribution in [0, 0.1) is 23.2 Å². The SMILES string of the molecule is N#Cc1ccc(NCCCN2CC3CCCC3C2)cc1. The number of nitrogens with one attached hydrogen (secondary N) is 1. The molecule has 1 saturated carbocycles. The van der Waals surface area contributed by atoms with Crippen molar-refractivity contribution in [1.29, 1.82) is 5.26 Å². The minimum absolute atomic E-state index is 0.721. The van der Waals surface area contributed by atoms with Crippen LogP contribution in [0.25, 0.3) is 0 Å². The molecule has 0 aromatic heterocycles. The van der Waals surface area contributed by atoms with Crippen molar-refractivity contribution < 1.29 is 0 Å². The lowest BCUT2D eigenvalue weighted by atomic mass is 10.0. The molecule has 2 atom stereocenters. The molecule has 3 heteroatoms. The van der Waals surface area contributed by atoms with Gasteiger partial charge in [0, 0.05) is 25.3 Å². The van der Waals surface area contributed by atoms with E-state index in [0.717, 1.165) is 29.6 Å². The van der Waals surface area contributed by atoms with Gasteiger partial charge in [-0.25, -0.2) is 0 Å². The van der Waals surface area contributed by atoms with Crippen molar-refractivity contribution in [2.24, 2.45) is 11.8 Å². The predicted molar refractivity (Wildman–Crippen MR) is 81.5 cm³/mol. The smallest absolute Gasteiger partial charge is 0.0991 e.